The number of nitrogens with one attached hydrogen (secondary N) is 1. The van der Waals surface area contributed by atoms with Gasteiger partial charge < -0.3 is 19.7 Å². The van der Waals surface area contributed by atoms with Gasteiger partial charge in [-0.25, -0.2) is 13.6 Å². The minimum absolute atomic E-state index is 0.0849. The molecule has 2 aliphatic rings. The SMILES string of the molecule is CCC1CC(COCc2c(-c3c(Cl)cccc3Cl)noc2C2CC2)C1C(=O)Nc1cc(F)c(C(=O)O)c(F)c1. The Bertz CT molecular complexity index is 1380. The molecule has 1 amide bonds. The Balaban J connectivity index is 1.28. The Hall–Kier alpha value is -3.01. The number of hydrogen-bond donors (Lipinski definition) is 2. The van der Waals surface area contributed by atoms with Crippen LogP contribution in [0, 0.1) is 29.4 Å². The van der Waals surface area contributed by atoms with Gasteiger partial charge >= 0.3 is 5.97 Å². The average Bonchev–Trinajstić information content (AvgIpc) is 3.60. The lowest BCUT2D eigenvalue weighted by Crippen LogP contribution is -2.46. The third-order valence-corrected chi connectivity index (χ3v) is 8.15. The van der Waals surface area contributed by atoms with Crippen molar-refractivity contribution in [1.82, 2.24) is 5.16 Å². The number of amides is 1. The van der Waals surface area contributed by atoms with Crippen molar-refractivity contribution in [2.24, 2.45) is 17.8 Å². The first kappa shape index (κ1) is 27.6. The van der Waals surface area contributed by atoms with Crippen LogP contribution in [0.15, 0.2) is 34.9 Å². The molecule has 39 heavy (non-hydrogen) atoms. The lowest BCUT2D eigenvalue weighted by Gasteiger charge is -2.43. The molecule has 1 heterocycles. The summed E-state index contributed by atoms with van der Waals surface area (Å²) in [5, 5.41) is 16.7. The number of carboxylic acids is 1. The van der Waals surface area contributed by atoms with Crippen molar-refractivity contribution >= 4 is 40.8 Å². The van der Waals surface area contributed by atoms with Gasteiger partial charge in [0.25, 0.3) is 0 Å². The van der Waals surface area contributed by atoms with Gasteiger partial charge in [-0.05, 0) is 55.4 Å². The normalized spacial score (nSPS) is 20.5. The Morgan fingerprint density at radius 2 is 1.82 bits per heavy atom. The molecule has 5 rings (SSSR count). The number of benzene rings is 2. The molecule has 7 nitrogen and oxygen atoms in total. The maximum atomic E-state index is 14.1. The first-order valence-electron chi connectivity index (χ1n) is 12.7. The second-order valence-corrected chi connectivity index (χ2v) is 10.9. The van der Waals surface area contributed by atoms with Crippen molar-refractivity contribution in [1.29, 1.82) is 0 Å². The van der Waals surface area contributed by atoms with Gasteiger partial charge in [0.1, 0.15) is 28.7 Å². The van der Waals surface area contributed by atoms with E-state index < -0.39 is 35.0 Å². The van der Waals surface area contributed by atoms with Gasteiger partial charge in [-0.3, -0.25) is 4.79 Å². The van der Waals surface area contributed by atoms with Crippen LogP contribution >= 0.6 is 23.2 Å². The molecule has 206 valence electrons. The summed E-state index contributed by atoms with van der Waals surface area (Å²) in [6, 6.07) is 6.83. The quantitative estimate of drug-likeness (QED) is 0.261. The van der Waals surface area contributed by atoms with Crippen molar-refractivity contribution in [3.8, 4) is 11.3 Å². The number of aromatic nitrogens is 1. The molecular weight excluding hydrogens is 553 g/mol. The van der Waals surface area contributed by atoms with Gasteiger partial charge in [0.05, 0.1) is 23.3 Å². The highest BCUT2D eigenvalue weighted by molar-refractivity contribution is 6.39. The van der Waals surface area contributed by atoms with E-state index >= 15 is 0 Å². The summed E-state index contributed by atoms with van der Waals surface area (Å²) in [6.45, 7) is 2.45. The molecule has 0 saturated heterocycles. The Morgan fingerprint density at radius 3 is 2.41 bits per heavy atom. The average molecular weight is 579 g/mol. The molecule has 3 aromatic rings. The fourth-order valence-electron chi connectivity index (χ4n) is 5.33. The van der Waals surface area contributed by atoms with Crippen molar-refractivity contribution in [3.63, 3.8) is 0 Å². The van der Waals surface area contributed by atoms with E-state index in [1.165, 1.54) is 0 Å². The van der Waals surface area contributed by atoms with E-state index in [4.69, 9.17) is 37.6 Å². The predicted molar refractivity (Wildman–Crippen MR) is 141 cm³/mol. The minimum atomic E-state index is -1.72. The number of nitrogens with zero attached hydrogens (tertiary/aromatic N) is 1. The third-order valence-electron chi connectivity index (χ3n) is 7.52. The van der Waals surface area contributed by atoms with Crippen LogP contribution in [0.3, 0.4) is 0 Å². The van der Waals surface area contributed by atoms with Gasteiger partial charge in [0.2, 0.25) is 5.91 Å². The predicted octanol–water partition coefficient (Wildman–Crippen LogP) is 7.32. The molecule has 3 unspecified atom stereocenters. The zero-order valence-corrected chi connectivity index (χ0v) is 22.5. The van der Waals surface area contributed by atoms with E-state index in [9.17, 15) is 18.4 Å². The summed E-state index contributed by atoms with van der Waals surface area (Å²) in [7, 11) is 0. The summed E-state index contributed by atoms with van der Waals surface area (Å²) in [4.78, 5) is 24.1. The largest absolute Gasteiger partial charge is 0.477 e. The molecule has 2 aliphatic carbocycles. The molecule has 3 atom stereocenters. The number of hydrogen-bond acceptors (Lipinski definition) is 5. The standard InChI is InChI=1S/C28H26Cl2F2N2O5/c1-2-13-8-15(22(13)27(35)33-16-9-20(31)24(28(36)37)21(32)10-16)11-38-12-17-25(34-39-26(17)14-6-7-14)23-18(29)4-3-5-19(23)30/h3-5,9-10,13-15,22H,2,6-8,11-12H2,1H3,(H,33,35)(H,36,37). The van der Waals surface area contributed by atoms with E-state index in [2.05, 4.69) is 10.5 Å². The van der Waals surface area contributed by atoms with E-state index in [1.54, 1.807) is 18.2 Å². The lowest BCUT2D eigenvalue weighted by atomic mass is 9.63. The molecule has 0 spiro atoms. The van der Waals surface area contributed by atoms with Crippen LogP contribution in [0.2, 0.25) is 10.0 Å². The lowest BCUT2D eigenvalue weighted by molar-refractivity contribution is -0.132. The highest BCUT2D eigenvalue weighted by Gasteiger charge is 2.45. The van der Waals surface area contributed by atoms with Crippen LogP contribution in [0.25, 0.3) is 11.3 Å². The Labute approximate surface area is 233 Å². The van der Waals surface area contributed by atoms with Crippen molar-refractivity contribution in [3.05, 3.63) is 68.9 Å². The number of carbonyl (C=O) groups excluding carboxylic acids is 1. The fraction of sp³-hybridized carbons (Fsp3) is 0.393. The highest BCUT2D eigenvalue weighted by atomic mass is 35.5. The number of aromatic carboxylic acids is 1. The topological polar surface area (TPSA) is 102 Å². The second-order valence-electron chi connectivity index (χ2n) is 10.1. The maximum absolute atomic E-state index is 14.1. The second kappa shape index (κ2) is 11.2. The summed E-state index contributed by atoms with van der Waals surface area (Å²) in [6.07, 6.45) is 3.50. The molecule has 0 aliphatic heterocycles. The maximum Gasteiger partial charge on any atom is 0.341 e. The summed E-state index contributed by atoms with van der Waals surface area (Å²) < 4.78 is 40.0. The van der Waals surface area contributed by atoms with Gasteiger partial charge in [-0.2, -0.15) is 0 Å². The fourth-order valence-corrected chi connectivity index (χ4v) is 5.90. The number of carboxylic acid groups (broad SMARTS) is 1. The minimum Gasteiger partial charge on any atom is -0.477 e. The molecular formula is C28H26Cl2F2N2O5. The van der Waals surface area contributed by atoms with Crippen LogP contribution < -0.4 is 5.32 Å². The van der Waals surface area contributed by atoms with E-state index in [-0.39, 0.29) is 36.7 Å². The van der Waals surface area contributed by atoms with E-state index in [0.717, 1.165) is 49.1 Å². The van der Waals surface area contributed by atoms with Crippen LogP contribution in [-0.4, -0.2) is 28.7 Å². The zero-order chi connectivity index (χ0) is 27.8. The molecule has 1 aromatic heterocycles. The van der Waals surface area contributed by atoms with Gasteiger partial charge in [0, 0.05) is 28.7 Å². The summed E-state index contributed by atoms with van der Waals surface area (Å²) >= 11 is 12.9. The zero-order valence-electron chi connectivity index (χ0n) is 21.0. The molecule has 2 saturated carbocycles. The molecule has 2 aromatic carbocycles. The van der Waals surface area contributed by atoms with E-state index in [0.29, 0.717) is 21.3 Å². The molecule has 11 heteroatoms. The van der Waals surface area contributed by atoms with E-state index in [1.807, 2.05) is 6.92 Å². The highest BCUT2D eigenvalue weighted by Crippen LogP contribution is 2.47. The number of rotatable bonds is 10. The first-order chi connectivity index (χ1) is 18.7. The van der Waals surface area contributed by atoms with Crippen LogP contribution in [-0.2, 0) is 16.1 Å². The van der Waals surface area contributed by atoms with Crippen molar-refractivity contribution in [2.75, 3.05) is 11.9 Å². The Kier molecular flexibility index (Phi) is 7.94. The number of halogens is 4. The van der Waals surface area contributed by atoms with Crippen molar-refractivity contribution < 1.29 is 32.7 Å². The number of carbonyl (C=O) groups is 2. The smallest absolute Gasteiger partial charge is 0.341 e. The molecule has 0 radical (unpaired) electrons. The Morgan fingerprint density at radius 1 is 1.15 bits per heavy atom. The van der Waals surface area contributed by atoms with Crippen LogP contribution in [0.5, 0.6) is 0 Å². The number of ether oxygens (including phenoxy) is 1. The monoisotopic (exact) mass is 578 g/mol. The first-order valence-corrected chi connectivity index (χ1v) is 13.5. The summed E-state index contributed by atoms with van der Waals surface area (Å²) in [5.41, 5.74) is 0.697. The van der Waals surface area contributed by atoms with Gasteiger partial charge in [0.15, 0.2) is 0 Å². The van der Waals surface area contributed by atoms with Crippen LogP contribution in [0.4, 0.5) is 14.5 Å². The third kappa shape index (κ3) is 5.53. The van der Waals surface area contributed by atoms with Gasteiger partial charge in [-0.1, -0.05) is 47.8 Å². The molecule has 0 bridgehead atoms. The molecule has 2 fully saturated rings. The molecule has 2 N–H and O–H groups in total. The van der Waals surface area contributed by atoms with Crippen LogP contribution in [0.1, 0.15) is 60.2 Å². The number of anilines is 1. The van der Waals surface area contributed by atoms with Gasteiger partial charge in [-0.15, -0.1) is 0 Å². The summed E-state index contributed by atoms with van der Waals surface area (Å²) in [5.74, 6) is -4.06. The van der Waals surface area contributed by atoms with Crippen molar-refractivity contribution in [2.45, 2.75) is 45.1 Å².